The molecule has 8 nitrogen and oxygen atoms in total. The van der Waals surface area contributed by atoms with Crippen molar-refractivity contribution in [1.82, 2.24) is 14.9 Å². The summed E-state index contributed by atoms with van der Waals surface area (Å²) in [5, 5.41) is 2.76. The molecule has 134 valence electrons. The highest BCUT2D eigenvalue weighted by Crippen LogP contribution is 2.15. The highest BCUT2D eigenvalue weighted by atomic mass is 16.2. The highest BCUT2D eigenvalue weighted by Gasteiger charge is 2.18. The van der Waals surface area contributed by atoms with Gasteiger partial charge in [-0.2, -0.15) is 0 Å². The van der Waals surface area contributed by atoms with Crippen LogP contribution >= 0.6 is 0 Å². The number of hydrogen-bond donors (Lipinski definition) is 1. The first-order valence-electron chi connectivity index (χ1n) is 8.25. The third kappa shape index (κ3) is 4.02. The molecule has 1 aliphatic rings. The van der Waals surface area contributed by atoms with Gasteiger partial charge in [-0.3, -0.25) is 14.4 Å². The van der Waals surface area contributed by atoms with Gasteiger partial charge in [0.25, 0.3) is 5.91 Å². The van der Waals surface area contributed by atoms with Gasteiger partial charge in [-0.05, 0) is 31.2 Å². The molecule has 3 rings (SSSR count). The lowest BCUT2D eigenvalue weighted by Crippen LogP contribution is -2.46. The number of amides is 2. The second-order valence-electron chi connectivity index (χ2n) is 5.98. The van der Waals surface area contributed by atoms with Gasteiger partial charge in [-0.25, -0.2) is 9.97 Å². The Morgan fingerprint density at radius 3 is 2.38 bits per heavy atom. The molecule has 0 aliphatic carbocycles. The molecule has 0 bridgehead atoms. The summed E-state index contributed by atoms with van der Waals surface area (Å²) in [4.78, 5) is 46.5. The number of Topliss-reactive ketones (excluding diaryl/α,β-unsaturated/α-hetero) is 1. The van der Waals surface area contributed by atoms with Crippen molar-refractivity contribution in [2.24, 2.45) is 0 Å². The Labute approximate surface area is 150 Å². The van der Waals surface area contributed by atoms with Crippen molar-refractivity contribution in [1.29, 1.82) is 0 Å². The number of carbonyl (C=O) groups excluding carboxylic acids is 3. The number of benzene rings is 1. The fraction of sp³-hybridized carbons (Fsp3) is 0.278. The molecule has 2 amide bonds. The smallest absolute Gasteiger partial charge is 0.274 e. The van der Waals surface area contributed by atoms with E-state index in [1.807, 2.05) is 4.90 Å². The topological polar surface area (TPSA) is 95.5 Å². The van der Waals surface area contributed by atoms with Gasteiger partial charge < -0.3 is 15.1 Å². The molecule has 8 heteroatoms. The van der Waals surface area contributed by atoms with Crippen molar-refractivity contribution in [3.8, 4) is 0 Å². The minimum Gasteiger partial charge on any atom is -0.353 e. The summed E-state index contributed by atoms with van der Waals surface area (Å²) in [6, 6.07) is 8.31. The minimum absolute atomic E-state index is 0.0296. The second-order valence-corrected chi connectivity index (χ2v) is 5.98. The molecular formula is C18H19N5O3. The quantitative estimate of drug-likeness (QED) is 0.641. The Morgan fingerprint density at radius 2 is 1.77 bits per heavy atom. The standard InChI is InChI=1S/C18H19N5O3/c1-13(25)14-2-4-15(5-3-14)21-18(26)16-10-17(20-11-19-16)23-8-6-22(12-24)7-9-23/h2-5,10-12H,6-9H2,1H3,(H,21,26). The van der Waals surface area contributed by atoms with Crippen molar-refractivity contribution < 1.29 is 14.4 Å². The van der Waals surface area contributed by atoms with E-state index >= 15 is 0 Å². The molecule has 0 unspecified atom stereocenters. The van der Waals surface area contributed by atoms with Crippen LogP contribution in [-0.4, -0.2) is 59.1 Å². The molecule has 1 aromatic heterocycles. The lowest BCUT2D eigenvalue weighted by atomic mass is 10.1. The zero-order valence-corrected chi connectivity index (χ0v) is 14.4. The number of nitrogens with zero attached hydrogens (tertiary/aromatic N) is 4. The minimum atomic E-state index is -0.351. The van der Waals surface area contributed by atoms with E-state index in [0.29, 0.717) is 43.2 Å². The molecule has 1 fully saturated rings. The highest BCUT2D eigenvalue weighted by molar-refractivity contribution is 6.03. The maximum atomic E-state index is 12.4. The van der Waals surface area contributed by atoms with E-state index in [2.05, 4.69) is 15.3 Å². The summed E-state index contributed by atoms with van der Waals surface area (Å²) in [6.07, 6.45) is 2.20. The SMILES string of the molecule is CC(=O)c1ccc(NC(=O)c2cc(N3CCN(C=O)CC3)ncn2)cc1. The normalized spacial score (nSPS) is 14.0. The molecule has 26 heavy (non-hydrogen) atoms. The van der Waals surface area contributed by atoms with Crippen molar-refractivity contribution >= 4 is 29.6 Å². The predicted octanol–water partition coefficient (Wildman–Crippen LogP) is 1.21. The van der Waals surface area contributed by atoms with E-state index < -0.39 is 0 Å². The van der Waals surface area contributed by atoms with Crippen molar-refractivity contribution in [2.45, 2.75) is 6.92 Å². The van der Waals surface area contributed by atoms with Crippen LogP contribution in [0, 0.1) is 0 Å². The largest absolute Gasteiger partial charge is 0.353 e. The first-order valence-corrected chi connectivity index (χ1v) is 8.25. The monoisotopic (exact) mass is 353 g/mol. The Balaban J connectivity index is 1.68. The van der Waals surface area contributed by atoms with Crippen LogP contribution < -0.4 is 10.2 Å². The zero-order chi connectivity index (χ0) is 18.5. The van der Waals surface area contributed by atoms with Crippen molar-refractivity contribution in [2.75, 3.05) is 36.4 Å². The molecule has 2 heterocycles. The van der Waals surface area contributed by atoms with Gasteiger partial charge in [0.2, 0.25) is 6.41 Å². The van der Waals surface area contributed by atoms with E-state index in [9.17, 15) is 14.4 Å². The zero-order valence-electron chi connectivity index (χ0n) is 14.4. The van der Waals surface area contributed by atoms with Crippen molar-refractivity contribution in [3.05, 3.63) is 47.9 Å². The molecule has 0 atom stereocenters. The van der Waals surface area contributed by atoms with Crippen LogP contribution in [0.25, 0.3) is 0 Å². The molecule has 1 aromatic carbocycles. The van der Waals surface area contributed by atoms with Gasteiger partial charge in [-0.1, -0.05) is 0 Å². The third-order valence-corrected chi connectivity index (χ3v) is 4.22. The van der Waals surface area contributed by atoms with Gasteiger partial charge in [0, 0.05) is 43.5 Å². The second kappa shape index (κ2) is 7.73. The van der Waals surface area contributed by atoms with Gasteiger partial charge in [0.1, 0.15) is 17.8 Å². The summed E-state index contributed by atoms with van der Waals surface area (Å²) >= 11 is 0. The van der Waals surface area contributed by atoms with Crippen LogP contribution in [0.3, 0.4) is 0 Å². The number of nitrogens with one attached hydrogen (secondary N) is 1. The lowest BCUT2D eigenvalue weighted by molar-refractivity contribution is -0.118. The number of carbonyl (C=O) groups is 3. The first-order chi connectivity index (χ1) is 12.6. The van der Waals surface area contributed by atoms with Crippen molar-refractivity contribution in [3.63, 3.8) is 0 Å². The Bertz CT molecular complexity index is 814. The Kier molecular flexibility index (Phi) is 5.21. The summed E-state index contributed by atoms with van der Waals surface area (Å²) in [5.41, 5.74) is 1.42. The molecule has 0 spiro atoms. The van der Waals surface area contributed by atoms with E-state index in [1.54, 1.807) is 35.2 Å². The average Bonchev–Trinajstić information content (AvgIpc) is 2.68. The summed E-state index contributed by atoms with van der Waals surface area (Å²) in [5.74, 6) is 0.274. The molecule has 1 N–H and O–H groups in total. The number of hydrogen-bond acceptors (Lipinski definition) is 6. The molecule has 1 aliphatic heterocycles. The molecule has 2 aromatic rings. The summed E-state index contributed by atoms with van der Waals surface area (Å²) < 4.78 is 0. The summed E-state index contributed by atoms with van der Waals surface area (Å²) in [7, 11) is 0. The van der Waals surface area contributed by atoms with E-state index in [4.69, 9.17) is 0 Å². The van der Waals surface area contributed by atoms with Crippen LogP contribution in [0.15, 0.2) is 36.7 Å². The third-order valence-electron chi connectivity index (χ3n) is 4.22. The van der Waals surface area contributed by atoms with E-state index in [-0.39, 0.29) is 17.4 Å². The lowest BCUT2D eigenvalue weighted by Gasteiger charge is -2.33. The number of piperazine rings is 1. The fourth-order valence-electron chi connectivity index (χ4n) is 2.68. The van der Waals surface area contributed by atoms with Crippen LogP contribution in [0.1, 0.15) is 27.8 Å². The van der Waals surface area contributed by atoms with Gasteiger partial charge >= 0.3 is 0 Å². The van der Waals surface area contributed by atoms with Crippen LogP contribution in [0.2, 0.25) is 0 Å². The number of anilines is 2. The molecule has 0 radical (unpaired) electrons. The first kappa shape index (κ1) is 17.5. The van der Waals surface area contributed by atoms with Gasteiger partial charge in [-0.15, -0.1) is 0 Å². The van der Waals surface area contributed by atoms with E-state index in [0.717, 1.165) is 6.41 Å². The number of ketones is 1. The van der Waals surface area contributed by atoms with Gasteiger partial charge in [0.15, 0.2) is 5.78 Å². The Hall–Kier alpha value is -3.29. The molecular weight excluding hydrogens is 334 g/mol. The van der Waals surface area contributed by atoms with Crippen LogP contribution in [-0.2, 0) is 4.79 Å². The number of aromatic nitrogens is 2. The Morgan fingerprint density at radius 1 is 1.08 bits per heavy atom. The van der Waals surface area contributed by atoms with Crippen LogP contribution in [0.5, 0.6) is 0 Å². The molecule has 0 saturated carbocycles. The van der Waals surface area contributed by atoms with E-state index in [1.165, 1.54) is 13.3 Å². The number of rotatable bonds is 5. The summed E-state index contributed by atoms with van der Waals surface area (Å²) in [6.45, 7) is 4.05. The van der Waals surface area contributed by atoms with Gasteiger partial charge in [0.05, 0.1) is 0 Å². The maximum Gasteiger partial charge on any atom is 0.274 e. The predicted molar refractivity (Wildman–Crippen MR) is 96.3 cm³/mol. The molecule has 1 saturated heterocycles. The average molecular weight is 353 g/mol. The van der Waals surface area contributed by atoms with Crippen LogP contribution in [0.4, 0.5) is 11.5 Å². The maximum absolute atomic E-state index is 12.4. The fourth-order valence-corrected chi connectivity index (χ4v) is 2.68.